The van der Waals surface area contributed by atoms with Crippen molar-refractivity contribution in [3.63, 3.8) is 0 Å². The lowest BCUT2D eigenvalue weighted by atomic mass is 10.3. The number of nitrogens with one attached hydrogen (secondary N) is 2. The minimum Gasteiger partial charge on any atom is -0.481 e. The van der Waals surface area contributed by atoms with Crippen LogP contribution in [-0.4, -0.2) is 34.0 Å². The van der Waals surface area contributed by atoms with Crippen LogP contribution in [0, 0.1) is 0 Å². The van der Waals surface area contributed by atoms with Gasteiger partial charge in [0, 0.05) is 21.2 Å². The van der Waals surface area contributed by atoms with Crippen LogP contribution < -0.4 is 10.6 Å². The van der Waals surface area contributed by atoms with Crippen LogP contribution >= 0.6 is 21.6 Å². The number of hydrogen-bond acceptors (Lipinski definition) is 6. The highest BCUT2D eigenvalue weighted by atomic mass is 33.1. The first-order chi connectivity index (χ1) is 13.3. The molecule has 0 aliphatic rings. The standard InChI is InChI=1S/C18H16N2O6S2/c21-15(9-17(23)24)19-11-1-5-13(6-2-11)27-28-14-7-3-12(4-8-14)20-16(22)10-18(25)26/h1-8H,9-10H2,(H,19,21)(H,20,22)(H,23,24)(H,25,26). The number of anilines is 2. The second-order valence-corrected chi connectivity index (χ2v) is 7.73. The lowest BCUT2D eigenvalue weighted by molar-refractivity contribution is -0.141. The molecule has 0 saturated heterocycles. The number of rotatable bonds is 9. The summed E-state index contributed by atoms with van der Waals surface area (Å²) in [7, 11) is 2.97. The molecule has 0 bridgehead atoms. The van der Waals surface area contributed by atoms with Gasteiger partial charge in [0.1, 0.15) is 12.8 Å². The molecule has 146 valence electrons. The molecular weight excluding hydrogens is 404 g/mol. The summed E-state index contributed by atoms with van der Waals surface area (Å²) in [6, 6.07) is 13.9. The molecule has 4 N–H and O–H groups in total. The fourth-order valence-electron chi connectivity index (χ4n) is 1.97. The van der Waals surface area contributed by atoms with Crippen molar-refractivity contribution in [3.8, 4) is 0 Å². The van der Waals surface area contributed by atoms with Gasteiger partial charge in [-0.25, -0.2) is 0 Å². The van der Waals surface area contributed by atoms with E-state index in [1.807, 2.05) is 0 Å². The van der Waals surface area contributed by atoms with E-state index in [-0.39, 0.29) is 0 Å². The first-order valence-electron chi connectivity index (χ1n) is 7.90. The van der Waals surface area contributed by atoms with Crippen molar-refractivity contribution in [2.45, 2.75) is 22.6 Å². The van der Waals surface area contributed by atoms with Gasteiger partial charge in [0.05, 0.1) is 0 Å². The Balaban J connectivity index is 1.83. The van der Waals surface area contributed by atoms with Crippen molar-refractivity contribution >= 4 is 56.7 Å². The van der Waals surface area contributed by atoms with Crippen LogP contribution in [0.1, 0.15) is 12.8 Å². The highest BCUT2D eigenvalue weighted by Gasteiger charge is 2.09. The molecule has 0 atom stereocenters. The van der Waals surface area contributed by atoms with E-state index >= 15 is 0 Å². The van der Waals surface area contributed by atoms with Crippen molar-refractivity contribution in [2.24, 2.45) is 0 Å². The molecule has 0 saturated carbocycles. The summed E-state index contributed by atoms with van der Waals surface area (Å²) in [5, 5.41) is 22.1. The fraction of sp³-hybridized carbons (Fsp3) is 0.111. The monoisotopic (exact) mass is 420 g/mol. The summed E-state index contributed by atoms with van der Waals surface area (Å²) in [6.07, 6.45) is -1.17. The Bertz CT molecular complexity index is 795. The maximum atomic E-state index is 11.4. The lowest BCUT2D eigenvalue weighted by Gasteiger charge is -2.06. The number of hydrogen-bond donors (Lipinski definition) is 4. The summed E-state index contributed by atoms with van der Waals surface area (Å²) in [4.78, 5) is 45.6. The number of aliphatic carboxylic acids is 2. The van der Waals surface area contributed by atoms with Gasteiger partial charge >= 0.3 is 11.9 Å². The van der Waals surface area contributed by atoms with Crippen molar-refractivity contribution in [2.75, 3.05) is 10.6 Å². The van der Waals surface area contributed by atoms with Gasteiger partial charge in [0.15, 0.2) is 0 Å². The van der Waals surface area contributed by atoms with Crippen LogP contribution in [0.25, 0.3) is 0 Å². The largest absolute Gasteiger partial charge is 0.481 e. The molecule has 2 aromatic carbocycles. The number of carboxylic acid groups (broad SMARTS) is 2. The predicted molar refractivity (Wildman–Crippen MR) is 106 cm³/mol. The van der Waals surface area contributed by atoms with E-state index < -0.39 is 36.6 Å². The van der Waals surface area contributed by atoms with Gasteiger partial charge in [-0.05, 0) is 48.5 Å². The number of carbonyl (C=O) groups is 4. The van der Waals surface area contributed by atoms with Crippen LogP contribution in [0.5, 0.6) is 0 Å². The van der Waals surface area contributed by atoms with Gasteiger partial charge in [-0.1, -0.05) is 21.6 Å². The summed E-state index contributed by atoms with van der Waals surface area (Å²) >= 11 is 0. The normalized spacial score (nSPS) is 10.1. The number of benzene rings is 2. The third-order valence-corrected chi connectivity index (χ3v) is 5.55. The quantitative estimate of drug-likeness (QED) is 0.359. The van der Waals surface area contributed by atoms with Crippen LogP contribution in [0.4, 0.5) is 11.4 Å². The minimum atomic E-state index is -1.19. The van der Waals surface area contributed by atoms with Gasteiger partial charge in [-0.3, -0.25) is 19.2 Å². The van der Waals surface area contributed by atoms with Crippen LogP contribution in [0.15, 0.2) is 58.3 Å². The summed E-state index contributed by atoms with van der Waals surface area (Å²) in [5.41, 5.74) is 1.03. The van der Waals surface area contributed by atoms with E-state index in [0.717, 1.165) is 9.79 Å². The Labute approximate surface area is 168 Å². The third-order valence-electron chi connectivity index (χ3n) is 3.13. The second-order valence-electron chi connectivity index (χ2n) is 5.45. The minimum absolute atomic E-state index is 0.516. The Morgan fingerprint density at radius 1 is 0.643 bits per heavy atom. The molecule has 28 heavy (non-hydrogen) atoms. The van der Waals surface area contributed by atoms with E-state index in [2.05, 4.69) is 10.6 Å². The highest BCUT2D eigenvalue weighted by Crippen LogP contribution is 2.38. The zero-order valence-corrected chi connectivity index (χ0v) is 16.0. The second kappa shape index (κ2) is 10.4. The summed E-state index contributed by atoms with van der Waals surface area (Å²) in [6.45, 7) is 0. The van der Waals surface area contributed by atoms with Crippen molar-refractivity contribution < 1.29 is 29.4 Å². The van der Waals surface area contributed by atoms with Crippen LogP contribution in [-0.2, 0) is 19.2 Å². The first kappa shape index (κ1) is 21.3. The smallest absolute Gasteiger partial charge is 0.312 e. The molecule has 0 unspecified atom stereocenters. The van der Waals surface area contributed by atoms with E-state index in [1.54, 1.807) is 48.5 Å². The zero-order chi connectivity index (χ0) is 20.5. The summed E-state index contributed by atoms with van der Waals surface area (Å²) in [5.74, 6) is -3.54. The molecular formula is C18H16N2O6S2. The molecule has 2 aromatic rings. The molecule has 8 nitrogen and oxygen atoms in total. The molecule has 0 radical (unpaired) electrons. The van der Waals surface area contributed by atoms with Gasteiger partial charge < -0.3 is 20.8 Å². The molecule has 0 aliphatic carbocycles. The van der Waals surface area contributed by atoms with Gasteiger partial charge in [0.2, 0.25) is 11.8 Å². The molecule has 0 heterocycles. The molecule has 2 amide bonds. The topological polar surface area (TPSA) is 133 Å². The molecule has 0 fully saturated rings. The lowest BCUT2D eigenvalue weighted by Crippen LogP contribution is -2.15. The van der Waals surface area contributed by atoms with Crippen LogP contribution in [0.3, 0.4) is 0 Å². The van der Waals surface area contributed by atoms with Gasteiger partial charge in [-0.15, -0.1) is 0 Å². The van der Waals surface area contributed by atoms with Crippen molar-refractivity contribution in [1.29, 1.82) is 0 Å². The van der Waals surface area contributed by atoms with Gasteiger partial charge in [-0.2, -0.15) is 0 Å². The molecule has 10 heteroatoms. The average Bonchev–Trinajstić information content (AvgIpc) is 2.61. The molecule has 0 aromatic heterocycles. The van der Waals surface area contributed by atoms with E-state index in [9.17, 15) is 19.2 Å². The third kappa shape index (κ3) is 7.72. The van der Waals surface area contributed by atoms with Crippen molar-refractivity contribution in [3.05, 3.63) is 48.5 Å². The molecule has 2 rings (SSSR count). The number of amides is 2. The van der Waals surface area contributed by atoms with Gasteiger partial charge in [0.25, 0.3) is 0 Å². The molecule has 0 spiro atoms. The Kier molecular flexibility index (Phi) is 7.90. The SMILES string of the molecule is O=C(O)CC(=O)Nc1ccc(SSc2ccc(NC(=O)CC(=O)O)cc2)cc1. The predicted octanol–water partition coefficient (Wildman–Crippen LogP) is 3.31. The number of carbonyl (C=O) groups excluding carboxylic acids is 2. The van der Waals surface area contributed by atoms with E-state index in [0.29, 0.717) is 11.4 Å². The van der Waals surface area contributed by atoms with Crippen LogP contribution in [0.2, 0.25) is 0 Å². The maximum absolute atomic E-state index is 11.4. The summed E-state index contributed by atoms with van der Waals surface area (Å²) < 4.78 is 0. The fourth-order valence-corrected chi connectivity index (χ4v) is 3.90. The number of carboxylic acids is 2. The van der Waals surface area contributed by atoms with E-state index in [1.165, 1.54) is 21.6 Å². The average molecular weight is 420 g/mol. The zero-order valence-electron chi connectivity index (χ0n) is 14.4. The molecule has 0 aliphatic heterocycles. The maximum Gasteiger partial charge on any atom is 0.312 e. The van der Waals surface area contributed by atoms with Crippen molar-refractivity contribution in [1.82, 2.24) is 0 Å². The highest BCUT2D eigenvalue weighted by molar-refractivity contribution is 8.76. The van der Waals surface area contributed by atoms with E-state index in [4.69, 9.17) is 10.2 Å². The first-order valence-corrected chi connectivity index (χ1v) is 10.0. The Morgan fingerprint density at radius 3 is 1.25 bits per heavy atom. The Morgan fingerprint density at radius 2 is 0.964 bits per heavy atom. The Hall–Kier alpha value is -2.98.